The van der Waals surface area contributed by atoms with Crippen molar-refractivity contribution in [2.24, 2.45) is 0 Å². The lowest BCUT2D eigenvalue weighted by Gasteiger charge is -1.69. The molecule has 0 fully saturated rings. The summed E-state index contributed by atoms with van der Waals surface area (Å²) in [6.07, 6.45) is 0. The fourth-order valence-electron chi connectivity index (χ4n) is 1.15. The first-order valence-electron chi connectivity index (χ1n) is 8.00. The molecule has 0 spiro atoms. The molecule has 0 aromatic heterocycles. The Balaban J connectivity index is 0. The topological polar surface area (TPSA) is 0 Å². The van der Waals surface area contributed by atoms with Crippen LogP contribution in [0.1, 0.15) is 27.7 Å². The molecule has 0 saturated heterocycles. The first kappa shape index (κ1) is 21.9. The van der Waals surface area contributed by atoms with Gasteiger partial charge in [-0.1, -0.05) is 137 Å². The maximum atomic E-state index is 2.00. The Morgan fingerprint density at radius 3 is 0.273 bits per heavy atom. The summed E-state index contributed by atoms with van der Waals surface area (Å²) in [6, 6.07) is 36.0. The molecule has 0 aliphatic heterocycles. The highest BCUT2D eigenvalue weighted by Gasteiger charge is 1.59. The highest BCUT2D eigenvalue weighted by molar-refractivity contribution is 5.00. The Morgan fingerprint density at radius 2 is 0.227 bits per heavy atom. The van der Waals surface area contributed by atoms with Gasteiger partial charge in [0.1, 0.15) is 0 Å². The Bertz CT molecular complexity index is 291. The minimum Gasteiger partial charge on any atom is -0.0683 e. The van der Waals surface area contributed by atoms with Crippen LogP contribution >= 0.6 is 0 Å². The fraction of sp³-hybridized carbons (Fsp3) is 0.182. The van der Waals surface area contributed by atoms with Crippen LogP contribution < -0.4 is 0 Å². The third kappa shape index (κ3) is 20.0. The predicted octanol–water partition coefficient (Wildman–Crippen LogP) is 7.11. The van der Waals surface area contributed by atoms with Gasteiger partial charge in [-0.25, -0.2) is 0 Å². The van der Waals surface area contributed by atoms with E-state index in [1.165, 1.54) is 0 Å². The molecule has 0 radical (unpaired) electrons. The van der Waals surface area contributed by atoms with E-state index in [4.69, 9.17) is 0 Å². The SMILES string of the molecule is CC.CC.c1ccccc1.c1ccccc1.c1ccccc1. The van der Waals surface area contributed by atoms with Crippen molar-refractivity contribution in [3.63, 3.8) is 0 Å². The Kier molecular flexibility index (Phi) is 23.7. The summed E-state index contributed by atoms with van der Waals surface area (Å²) in [5, 5.41) is 0. The van der Waals surface area contributed by atoms with Crippen LogP contribution in [0.15, 0.2) is 109 Å². The minimum atomic E-state index is 2.00. The van der Waals surface area contributed by atoms with E-state index in [2.05, 4.69) is 0 Å². The molecule has 0 nitrogen and oxygen atoms in total. The van der Waals surface area contributed by atoms with Gasteiger partial charge in [-0.15, -0.1) is 0 Å². The zero-order valence-electron chi connectivity index (χ0n) is 14.4. The summed E-state index contributed by atoms with van der Waals surface area (Å²) in [7, 11) is 0. The molecular weight excluding hydrogens is 264 g/mol. The van der Waals surface area contributed by atoms with Gasteiger partial charge in [0.25, 0.3) is 0 Å². The largest absolute Gasteiger partial charge is 0.0683 e. The Hall–Kier alpha value is -2.34. The number of hydrogen-bond donors (Lipinski definition) is 0. The lowest BCUT2D eigenvalue weighted by atomic mass is 10.4. The van der Waals surface area contributed by atoms with Crippen molar-refractivity contribution >= 4 is 0 Å². The predicted molar refractivity (Wildman–Crippen MR) is 102 cm³/mol. The van der Waals surface area contributed by atoms with Crippen LogP contribution in [0.4, 0.5) is 0 Å². The van der Waals surface area contributed by atoms with Crippen LogP contribution in [-0.4, -0.2) is 0 Å². The fourth-order valence-corrected chi connectivity index (χ4v) is 1.15. The smallest absolute Gasteiger partial charge is 0.0623 e. The molecule has 0 saturated carbocycles. The zero-order valence-corrected chi connectivity index (χ0v) is 14.4. The highest BCUT2D eigenvalue weighted by atomic mass is 13.7. The molecule has 0 unspecified atom stereocenters. The van der Waals surface area contributed by atoms with E-state index in [1.54, 1.807) is 0 Å². The van der Waals surface area contributed by atoms with Gasteiger partial charge in [-0.2, -0.15) is 0 Å². The van der Waals surface area contributed by atoms with E-state index in [0.717, 1.165) is 0 Å². The van der Waals surface area contributed by atoms with Gasteiger partial charge in [-0.05, 0) is 0 Å². The van der Waals surface area contributed by atoms with Gasteiger partial charge in [0.15, 0.2) is 0 Å². The third-order valence-corrected chi connectivity index (χ3v) is 2.00. The maximum Gasteiger partial charge on any atom is -0.0623 e. The molecule has 0 aliphatic carbocycles. The molecule has 0 N–H and O–H groups in total. The first-order chi connectivity index (χ1) is 11.0. The summed E-state index contributed by atoms with van der Waals surface area (Å²) < 4.78 is 0. The van der Waals surface area contributed by atoms with Crippen molar-refractivity contribution in [3.8, 4) is 0 Å². The van der Waals surface area contributed by atoms with Gasteiger partial charge >= 0.3 is 0 Å². The van der Waals surface area contributed by atoms with Crippen molar-refractivity contribution in [3.05, 3.63) is 109 Å². The molecule has 22 heavy (non-hydrogen) atoms. The van der Waals surface area contributed by atoms with E-state index in [1.807, 2.05) is 137 Å². The number of benzene rings is 3. The second-order valence-corrected chi connectivity index (χ2v) is 3.46. The lowest BCUT2D eigenvalue weighted by Crippen LogP contribution is -1.47. The molecule has 0 heterocycles. The summed E-state index contributed by atoms with van der Waals surface area (Å²) in [4.78, 5) is 0. The maximum absolute atomic E-state index is 2.00. The van der Waals surface area contributed by atoms with Crippen molar-refractivity contribution in [1.29, 1.82) is 0 Å². The number of hydrogen-bond acceptors (Lipinski definition) is 0. The van der Waals surface area contributed by atoms with Crippen molar-refractivity contribution in [2.45, 2.75) is 27.7 Å². The van der Waals surface area contributed by atoms with Crippen molar-refractivity contribution in [1.82, 2.24) is 0 Å². The van der Waals surface area contributed by atoms with Gasteiger partial charge in [0, 0.05) is 0 Å². The highest BCUT2D eigenvalue weighted by Crippen LogP contribution is 1.81. The molecule has 3 rings (SSSR count). The van der Waals surface area contributed by atoms with Crippen LogP contribution in [0.2, 0.25) is 0 Å². The molecular formula is C22H30. The molecule has 3 aromatic rings. The van der Waals surface area contributed by atoms with Crippen LogP contribution in [0.5, 0.6) is 0 Å². The van der Waals surface area contributed by atoms with Gasteiger partial charge in [-0.3, -0.25) is 0 Å². The van der Waals surface area contributed by atoms with Gasteiger partial charge < -0.3 is 0 Å². The van der Waals surface area contributed by atoms with E-state index in [9.17, 15) is 0 Å². The number of rotatable bonds is 0. The molecule has 0 amide bonds. The van der Waals surface area contributed by atoms with Crippen LogP contribution in [0.25, 0.3) is 0 Å². The minimum absolute atomic E-state index is 2.00. The molecule has 0 atom stereocenters. The average Bonchev–Trinajstić information content (AvgIpc) is 2.70. The third-order valence-electron chi connectivity index (χ3n) is 2.00. The molecule has 0 bridgehead atoms. The summed E-state index contributed by atoms with van der Waals surface area (Å²) in [5.74, 6) is 0. The monoisotopic (exact) mass is 294 g/mol. The second kappa shape index (κ2) is 23.7. The molecule has 3 aromatic carbocycles. The average molecular weight is 294 g/mol. The quantitative estimate of drug-likeness (QED) is 0.414. The zero-order chi connectivity index (χ0) is 16.7. The van der Waals surface area contributed by atoms with Crippen molar-refractivity contribution < 1.29 is 0 Å². The normalized spacial score (nSPS) is 7.09. The van der Waals surface area contributed by atoms with E-state index < -0.39 is 0 Å². The van der Waals surface area contributed by atoms with E-state index in [0.29, 0.717) is 0 Å². The second-order valence-electron chi connectivity index (χ2n) is 3.46. The molecule has 118 valence electrons. The van der Waals surface area contributed by atoms with Gasteiger partial charge in [0.2, 0.25) is 0 Å². The summed E-state index contributed by atoms with van der Waals surface area (Å²) >= 11 is 0. The summed E-state index contributed by atoms with van der Waals surface area (Å²) in [5.41, 5.74) is 0. The van der Waals surface area contributed by atoms with E-state index >= 15 is 0 Å². The van der Waals surface area contributed by atoms with Crippen LogP contribution in [-0.2, 0) is 0 Å². The van der Waals surface area contributed by atoms with Crippen LogP contribution in [0, 0.1) is 0 Å². The first-order valence-corrected chi connectivity index (χ1v) is 8.00. The van der Waals surface area contributed by atoms with Crippen molar-refractivity contribution in [2.75, 3.05) is 0 Å². The van der Waals surface area contributed by atoms with Gasteiger partial charge in [0.05, 0.1) is 0 Å². The Labute approximate surface area is 137 Å². The Morgan fingerprint density at radius 1 is 0.182 bits per heavy atom. The summed E-state index contributed by atoms with van der Waals surface area (Å²) in [6.45, 7) is 8.00. The lowest BCUT2D eigenvalue weighted by molar-refractivity contribution is 1.50. The molecule has 0 heteroatoms. The standard InChI is InChI=1S/3C6H6.2C2H6/c3*1-2-4-6-5-3-1;2*1-2/h3*1-6H;2*1-2H3. The van der Waals surface area contributed by atoms with E-state index in [-0.39, 0.29) is 0 Å². The molecule has 0 aliphatic rings. The van der Waals surface area contributed by atoms with Crippen LogP contribution in [0.3, 0.4) is 0 Å².